The zero-order valence-corrected chi connectivity index (χ0v) is 13.0. The van der Waals surface area contributed by atoms with E-state index in [4.69, 9.17) is 4.52 Å². The predicted molar refractivity (Wildman–Crippen MR) is 80.5 cm³/mol. The second-order valence-corrected chi connectivity index (χ2v) is 6.93. The minimum absolute atomic E-state index is 0.218. The van der Waals surface area contributed by atoms with E-state index in [1.165, 1.54) is 12.8 Å². The summed E-state index contributed by atoms with van der Waals surface area (Å²) in [6.07, 6.45) is 7.74. The second kappa shape index (κ2) is 5.89. The summed E-state index contributed by atoms with van der Waals surface area (Å²) < 4.78 is 5.45. The highest BCUT2D eigenvalue weighted by atomic mass is 16.5. The average Bonchev–Trinajstić information content (AvgIpc) is 3.04. The lowest BCUT2D eigenvalue weighted by molar-refractivity contribution is 0.144. The third kappa shape index (κ3) is 2.96. The molecule has 0 aromatic carbocycles. The summed E-state index contributed by atoms with van der Waals surface area (Å²) >= 11 is 0. The molecule has 0 unspecified atom stereocenters. The van der Waals surface area contributed by atoms with Crippen LogP contribution < -0.4 is 0 Å². The fourth-order valence-corrected chi connectivity index (χ4v) is 3.52. The molecule has 2 amide bonds. The lowest BCUT2D eigenvalue weighted by atomic mass is 9.97. The smallest absolute Gasteiger partial charge is 0.319 e. The lowest BCUT2D eigenvalue weighted by Crippen LogP contribution is -2.45. The van der Waals surface area contributed by atoms with Crippen LogP contribution in [0.25, 0.3) is 0 Å². The second-order valence-electron chi connectivity index (χ2n) is 6.93. The first-order chi connectivity index (χ1) is 10.8. The molecule has 120 valence electrons. The zero-order chi connectivity index (χ0) is 14.9. The van der Waals surface area contributed by atoms with E-state index >= 15 is 0 Å². The molecule has 3 fully saturated rings. The van der Waals surface area contributed by atoms with Gasteiger partial charge in [0.05, 0.1) is 0 Å². The molecule has 3 aliphatic rings. The molecule has 4 rings (SSSR count). The number of amides is 2. The summed E-state index contributed by atoms with van der Waals surface area (Å²) in [5, 5.41) is 4.11. The van der Waals surface area contributed by atoms with Crippen molar-refractivity contribution in [1.29, 1.82) is 0 Å². The van der Waals surface area contributed by atoms with Gasteiger partial charge < -0.3 is 14.3 Å². The number of carbonyl (C=O) groups is 1. The molecule has 1 aromatic rings. The van der Waals surface area contributed by atoms with Gasteiger partial charge in [0.15, 0.2) is 5.82 Å². The van der Waals surface area contributed by atoms with Crippen LogP contribution in [0, 0.1) is 5.92 Å². The molecule has 0 atom stereocenters. The Morgan fingerprint density at radius 2 is 1.73 bits per heavy atom. The fourth-order valence-electron chi connectivity index (χ4n) is 3.52. The maximum absolute atomic E-state index is 12.4. The minimum atomic E-state index is 0.218. The van der Waals surface area contributed by atoms with Crippen molar-refractivity contribution in [2.75, 3.05) is 26.2 Å². The molecule has 3 heterocycles. The molecular weight excluding hydrogens is 280 g/mol. The fraction of sp³-hybridized carbons (Fsp3) is 0.812. The summed E-state index contributed by atoms with van der Waals surface area (Å²) in [7, 11) is 0. The molecule has 1 aliphatic carbocycles. The highest BCUT2D eigenvalue weighted by molar-refractivity contribution is 5.74. The summed E-state index contributed by atoms with van der Waals surface area (Å²) in [5.41, 5.74) is 0. The van der Waals surface area contributed by atoms with Crippen molar-refractivity contribution in [3.8, 4) is 0 Å². The molecule has 0 N–H and O–H groups in total. The SMILES string of the molecule is O=C(N1CCCC1)N1CCC(c2nc(CC3CC3)no2)CC1. The van der Waals surface area contributed by atoms with E-state index in [-0.39, 0.29) is 6.03 Å². The molecule has 2 aliphatic heterocycles. The van der Waals surface area contributed by atoms with Gasteiger partial charge in [-0.1, -0.05) is 5.16 Å². The largest absolute Gasteiger partial charge is 0.339 e. The number of hydrogen-bond acceptors (Lipinski definition) is 4. The third-order valence-electron chi connectivity index (χ3n) is 5.14. The van der Waals surface area contributed by atoms with Gasteiger partial charge in [-0.25, -0.2) is 4.79 Å². The number of hydrogen-bond donors (Lipinski definition) is 0. The topological polar surface area (TPSA) is 62.5 Å². The minimum Gasteiger partial charge on any atom is -0.339 e. The van der Waals surface area contributed by atoms with Crippen LogP contribution in [0.1, 0.15) is 56.2 Å². The van der Waals surface area contributed by atoms with E-state index in [0.29, 0.717) is 5.92 Å². The van der Waals surface area contributed by atoms with Crippen LogP contribution in [0.4, 0.5) is 4.79 Å². The van der Waals surface area contributed by atoms with E-state index in [1.807, 2.05) is 9.80 Å². The van der Waals surface area contributed by atoms with E-state index in [1.54, 1.807) is 0 Å². The maximum Gasteiger partial charge on any atom is 0.319 e. The van der Waals surface area contributed by atoms with Crippen molar-refractivity contribution in [2.24, 2.45) is 5.92 Å². The Labute approximate surface area is 130 Å². The molecule has 0 bridgehead atoms. The van der Waals surface area contributed by atoms with Crippen LogP contribution >= 0.6 is 0 Å². The number of carbonyl (C=O) groups excluding carboxylic acids is 1. The first-order valence-corrected chi connectivity index (χ1v) is 8.66. The van der Waals surface area contributed by atoms with Gasteiger partial charge in [-0.3, -0.25) is 0 Å². The Balaban J connectivity index is 1.31. The summed E-state index contributed by atoms with van der Waals surface area (Å²) in [6.45, 7) is 3.46. The average molecular weight is 304 g/mol. The lowest BCUT2D eigenvalue weighted by Gasteiger charge is -2.33. The number of nitrogens with zero attached hydrogens (tertiary/aromatic N) is 4. The van der Waals surface area contributed by atoms with E-state index < -0.39 is 0 Å². The molecule has 2 saturated heterocycles. The first kappa shape index (κ1) is 14.0. The van der Waals surface area contributed by atoms with Gasteiger partial charge in [0, 0.05) is 38.5 Å². The van der Waals surface area contributed by atoms with Gasteiger partial charge in [-0.05, 0) is 44.4 Å². The summed E-state index contributed by atoms with van der Waals surface area (Å²) in [4.78, 5) is 20.9. The van der Waals surface area contributed by atoms with E-state index in [0.717, 1.165) is 75.9 Å². The van der Waals surface area contributed by atoms with Gasteiger partial charge in [0.25, 0.3) is 0 Å². The third-order valence-corrected chi connectivity index (χ3v) is 5.14. The number of likely N-dealkylation sites (tertiary alicyclic amines) is 2. The van der Waals surface area contributed by atoms with Crippen molar-refractivity contribution in [1.82, 2.24) is 19.9 Å². The Morgan fingerprint density at radius 3 is 2.41 bits per heavy atom. The molecule has 6 nitrogen and oxygen atoms in total. The van der Waals surface area contributed by atoms with Gasteiger partial charge in [0.1, 0.15) is 0 Å². The Morgan fingerprint density at radius 1 is 1.05 bits per heavy atom. The van der Waals surface area contributed by atoms with Crippen molar-refractivity contribution >= 4 is 6.03 Å². The van der Waals surface area contributed by atoms with Crippen molar-refractivity contribution in [2.45, 2.75) is 50.9 Å². The van der Waals surface area contributed by atoms with Crippen LogP contribution in [0.3, 0.4) is 0 Å². The van der Waals surface area contributed by atoms with Crippen molar-refractivity contribution in [3.63, 3.8) is 0 Å². The molecule has 0 spiro atoms. The Hall–Kier alpha value is -1.59. The highest BCUT2D eigenvalue weighted by Crippen LogP contribution is 2.33. The predicted octanol–water partition coefficient (Wildman–Crippen LogP) is 2.42. The number of rotatable bonds is 3. The monoisotopic (exact) mass is 304 g/mol. The van der Waals surface area contributed by atoms with Crippen molar-refractivity contribution < 1.29 is 9.32 Å². The number of urea groups is 1. The standard InChI is InChI=1S/C16H24N4O2/c21-16(19-7-1-2-8-19)20-9-5-13(6-10-20)15-17-14(18-22-15)11-12-3-4-12/h12-13H,1-11H2. The Bertz CT molecular complexity index is 526. The van der Waals surface area contributed by atoms with Gasteiger partial charge in [-0.2, -0.15) is 4.98 Å². The summed E-state index contributed by atoms with van der Waals surface area (Å²) in [6, 6.07) is 0.218. The first-order valence-electron chi connectivity index (χ1n) is 8.66. The molecule has 6 heteroatoms. The van der Waals surface area contributed by atoms with Gasteiger partial charge in [-0.15, -0.1) is 0 Å². The number of piperidine rings is 1. The molecule has 1 aromatic heterocycles. The normalized spacial score (nSPS) is 23.3. The molecule has 1 saturated carbocycles. The van der Waals surface area contributed by atoms with Crippen LogP contribution in [0.5, 0.6) is 0 Å². The molecular formula is C16H24N4O2. The van der Waals surface area contributed by atoms with Crippen LogP contribution in [-0.4, -0.2) is 52.2 Å². The highest BCUT2D eigenvalue weighted by Gasteiger charge is 2.31. The van der Waals surface area contributed by atoms with Gasteiger partial charge in [0.2, 0.25) is 5.89 Å². The summed E-state index contributed by atoms with van der Waals surface area (Å²) in [5.74, 6) is 2.76. The Kier molecular flexibility index (Phi) is 3.76. The quantitative estimate of drug-likeness (QED) is 0.860. The zero-order valence-electron chi connectivity index (χ0n) is 13.0. The van der Waals surface area contributed by atoms with Crippen LogP contribution in [0.2, 0.25) is 0 Å². The van der Waals surface area contributed by atoms with Crippen LogP contribution in [0.15, 0.2) is 4.52 Å². The molecule has 0 radical (unpaired) electrons. The molecule has 22 heavy (non-hydrogen) atoms. The van der Waals surface area contributed by atoms with Gasteiger partial charge >= 0.3 is 6.03 Å². The van der Waals surface area contributed by atoms with E-state index in [9.17, 15) is 4.79 Å². The van der Waals surface area contributed by atoms with Crippen LogP contribution in [-0.2, 0) is 6.42 Å². The number of aromatic nitrogens is 2. The van der Waals surface area contributed by atoms with E-state index in [2.05, 4.69) is 10.1 Å². The maximum atomic E-state index is 12.4. The van der Waals surface area contributed by atoms with Crippen molar-refractivity contribution in [3.05, 3.63) is 11.7 Å².